The molecule has 7 heteroatoms. The van der Waals surface area contributed by atoms with Crippen molar-refractivity contribution in [3.8, 4) is 0 Å². The number of methoxy groups -OCH3 is 2. The van der Waals surface area contributed by atoms with Gasteiger partial charge in [0, 0.05) is 37.1 Å². The second-order valence-electron chi connectivity index (χ2n) is 8.00. The molecule has 2 bridgehead atoms. The third kappa shape index (κ3) is 1.86. The van der Waals surface area contributed by atoms with E-state index in [0.29, 0.717) is 12.8 Å². The molecule has 1 aromatic rings. The highest BCUT2D eigenvalue weighted by Gasteiger charge is 2.79. The molecule has 0 unspecified atom stereocenters. The first kappa shape index (κ1) is 17.7. The Labute approximate surface area is 163 Å². The lowest BCUT2D eigenvalue weighted by molar-refractivity contribution is -0.536. The van der Waals surface area contributed by atoms with E-state index in [-0.39, 0.29) is 11.9 Å². The van der Waals surface area contributed by atoms with Crippen molar-refractivity contribution in [1.29, 1.82) is 0 Å². The average molecular weight is 384 g/mol. The zero-order chi connectivity index (χ0) is 19.7. The van der Waals surface area contributed by atoms with E-state index >= 15 is 0 Å². The maximum Gasteiger partial charge on any atom is 0.310 e. The zero-order valence-electron chi connectivity index (χ0n) is 16.2. The smallest absolute Gasteiger partial charge is 0.310 e. The molecule has 5 rings (SSSR count). The first-order chi connectivity index (χ1) is 13.5. The molecule has 0 radical (unpaired) electrons. The number of hydroxylamine groups is 1. The van der Waals surface area contributed by atoms with Crippen molar-refractivity contribution in [2.24, 2.45) is 11.8 Å². The standard InChI is InChI=1S/C21H24N2O5/c1-4-12-11-23(25)16-9-13(12)18(19(24)27-3)20-10-17(26-2)28-21(16,20)22-15-8-6-5-7-14(15)20/h4-8,11,13,16-18,22H,9-10H2,1-3H3/b12-4-/t13-,16-,17+,18-,20-,21-/m0/s1. The lowest BCUT2D eigenvalue weighted by Crippen LogP contribution is -2.71. The number of ether oxygens (including phenoxy) is 3. The van der Waals surface area contributed by atoms with Crippen LogP contribution in [0.2, 0.25) is 0 Å². The highest BCUT2D eigenvalue weighted by Crippen LogP contribution is 2.67. The Morgan fingerprint density at radius 3 is 2.89 bits per heavy atom. The van der Waals surface area contributed by atoms with Gasteiger partial charge < -0.3 is 24.7 Å². The Morgan fingerprint density at radius 1 is 1.39 bits per heavy atom. The predicted octanol–water partition coefficient (Wildman–Crippen LogP) is 2.16. The van der Waals surface area contributed by atoms with E-state index < -0.39 is 29.4 Å². The van der Waals surface area contributed by atoms with Gasteiger partial charge in [-0.1, -0.05) is 24.3 Å². The number of hydrogen-bond donors (Lipinski definition) is 1. The summed E-state index contributed by atoms with van der Waals surface area (Å²) in [6.07, 6.45) is 3.99. The molecule has 1 saturated carbocycles. The molecule has 1 N–H and O–H groups in total. The molecule has 2 fully saturated rings. The van der Waals surface area contributed by atoms with Crippen LogP contribution in [0.15, 0.2) is 35.9 Å². The third-order valence-electron chi connectivity index (χ3n) is 7.14. The number of hydrogen-bond acceptors (Lipinski definition) is 6. The zero-order valence-corrected chi connectivity index (χ0v) is 16.2. The van der Waals surface area contributed by atoms with Crippen molar-refractivity contribution < 1.29 is 23.7 Å². The number of benzene rings is 1. The molecule has 6 atom stereocenters. The fourth-order valence-electron chi connectivity index (χ4n) is 6.13. The van der Waals surface area contributed by atoms with Crippen molar-refractivity contribution in [3.63, 3.8) is 0 Å². The maximum atomic E-state index is 13.2. The van der Waals surface area contributed by atoms with Crippen molar-refractivity contribution in [2.45, 2.75) is 43.2 Å². The monoisotopic (exact) mass is 384 g/mol. The Balaban J connectivity index is 1.84. The van der Waals surface area contributed by atoms with Gasteiger partial charge in [-0.2, -0.15) is 0 Å². The first-order valence-electron chi connectivity index (χ1n) is 9.65. The molecule has 7 nitrogen and oxygen atoms in total. The summed E-state index contributed by atoms with van der Waals surface area (Å²) in [5.74, 6) is -0.882. The van der Waals surface area contributed by atoms with Crippen LogP contribution in [0.4, 0.5) is 5.69 Å². The van der Waals surface area contributed by atoms with Gasteiger partial charge in [-0.15, -0.1) is 0 Å². The van der Waals surface area contributed by atoms with Crippen LogP contribution in [0.1, 0.15) is 25.3 Å². The molecular formula is C21H24N2O5. The summed E-state index contributed by atoms with van der Waals surface area (Å²) in [6, 6.07) is 7.42. The fraction of sp³-hybridized carbons (Fsp3) is 0.524. The summed E-state index contributed by atoms with van der Waals surface area (Å²) in [6.45, 7) is 1.90. The minimum atomic E-state index is -1.05. The number of anilines is 1. The summed E-state index contributed by atoms with van der Waals surface area (Å²) < 4.78 is 18.3. The van der Waals surface area contributed by atoms with Crippen LogP contribution in [0.5, 0.6) is 0 Å². The van der Waals surface area contributed by atoms with Crippen LogP contribution >= 0.6 is 0 Å². The number of para-hydroxylation sites is 1. The maximum absolute atomic E-state index is 13.2. The van der Waals surface area contributed by atoms with E-state index in [0.717, 1.165) is 21.6 Å². The summed E-state index contributed by atoms with van der Waals surface area (Å²) >= 11 is 0. The second kappa shape index (κ2) is 5.81. The quantitative estimate of drug-likeness (QED) is 0.478. The largest absolute Gasteiger partial charge is 0.623 e. The van der Waals surface area contributed by atoms with Crippen LogP contribution in [0.25, 0.3) is 0 Å². The van der Waals surface area contributed by atoms with Gasteiger partial charge in [-0.3, -0.25) is 4.79 Å². The number of carbonyl (C=O) groups is 1. The van der Waals surface area contributed by atoms with Gasteiger partial charge in [-0.25, -0.2) is 4.74 Å². The van der Waals surface area contributed by atoms with Crippen molar-refractivity contribution >= 4 is 17.9 Å². The molecule has 0 amide bonds. The number of nitrogens with one attached hydrogen (secondary N) is 1. The average Bonchev–Trinajstić information content (AvgIpc) is 3.19. The van der Waals surface area contributed by atoms with Crippen LogP contribution in [0, 0.1) is 17.0 Å². The topological polar surface area (TPSA) is 82.9 Å². The highest BCUT2D eigenvalue weighted by molar-refractivity contribution is 5.85. The first-order valence-corrected chi connectivity index (χ1v) is 9.65. The lowest BCUT2D eigenvalue weighted by atomic mass is 9.52. The fourth-order valence-corrected chi connectivity index (χ4v) is 6.13. The Morgan fingerprint density at radius 2 is 2.18 bits per heavy atom. The number of allylic oxidation sites excluding steroid dienone is 2. The summed E-state index contributed by atoms with van der Waals surface area (Å²) in [7, 11) is 3.01. The predicted molar refractivity (Wildman–Crippen MR) is 102 cm³/mol. The Hall–Kier alpha value is -2.38. The molecule has 0 aromatic heterocycles. The molecule has 1 aromatic carbocycles. The number of esters is 1. The van der Waals surface area contributed by atoms with Gasteiger partial charge in [0.05, 0.1) is 18.4 Å². The van der Waals surface area contributed by atoms with Crippen LogP contribution in [-0.2, 0) is 24.4 Å². The van der Waals surface area contributed by atoms with Crippen molar-refractivity contribution in [1.82, 2.24) is 0 Å². The van der Waals surface area contributed by atoms with E-state index in [4.69, 9.17) is 14.2 Å². The Bertz CT molecular complexity index is 912. The van der Waals surface area contributed by atoms with Gasteiger partial charge in [0.25, 0.3) is 0 Å². The Kier molecular flexibility index (Phi) is 3.67. The summed E-state index contributed by atoms with van der Waals surface area (Å²) in [4.78, 5) is 13.2. The van der Waals surface area contributed by atoms with E-state index in [9.17, 15) is 10.0 Å². The van der Waals surface area contributed by atoms with Crippen molar-refractivity contribution in [3.05, 3.63) is 46.7 Å². The minimum absolute atomic E-state index is 0.118. The molecule has 28 heavy (non-hydrogen) atoms. The van der Waals surface area contributed by atoms with Gasteiger partial charge in [0.1, 0.15) is 0 Å². The van der Waals surface area contributed by atoms with Crippen LogP contribution in [0.3, 0.4) is 0 Å². The van der Waals surface area contributed by atoms with E-state index in [1.54, 1.807) is 13.3 Å². The molecule has 1 aliphatic carbocycles. The summed E-state index contributed by atoms with van der Waals surface area (Å²) in [5, 5.41) is 16.6. The number of carbonyl (C=O) groups excluding carboxylic acids is 1. The van der Waals surface area contributed by atoms with Gasteiger partial charge >= 0.3 is 5.97 Å². The molecule has 1 saturated heterocycles. The minimum Gasteiger partial charge on any atom is -0.623 e. The SMILES string of the molecule is C/C=C1/C=[N+]([O-])[C@H]2C[C@@H]1[C@@H](C(=O)OC)[C@@]13C[C@H](OC)O[C@@]21Nc1ccccc13. The normalized spacial score (nSPS) is 41.5. The van der Waals surface area contributed by atoms with Crippen LogP contribution in [-0.4, -0.2) is 49.2 Å². The third-order valence-corrected chi connectivity index (χ3v) is 7.14. The van der Waals surface area contributed by atoms with E-state index in [1.807, 2.05) is 37.3 Å². The number of nitrogens with zero attached hydrogens (tertiary/aromatic N) is 1. The molecule has 3 heterocycles. The molecule has 4 aliphatic rings. The molecule has 0 spiro atoms. The van der Waals surface area contributed by atoms with Gasteiger partial charge in [0.2, 0.25) is 11.8 Å². The molecule has 148 valence electrons. The number of rotatable bonds is 2. The van der Waals surface area contributed by atoms with Crippen LogP contribution < -0.4 is 5.32 Å². The summed E-state index contributed by atoms with van der Waals surface area (Å²) in [5.41, 5.74) is 0.953. The van der Waals surface area contributed by atoms with Gasteiger partial charge in [0.15, 0.2) is 12.5 Å². The molecular weight excluding hydrogens is 360 g/mol. The van der Waals surface area contributed by atoms with E-state index in [2.05, 4.69) is 5.32 Å². The highest BCUT2D eigenvalue weighted by atomic mass is 16.7. The molecule has 3 aliphatic heterocycles. The lowest BCUT2D eigenvalue weighted by Gasteiger charge is -2.53. The second-order valence-corrected chi connectivity index (χ2v) is 8.00. The van der Waals surface area contributed by atoms with Gasteiger partial charge in [-0.05, 0) is 18.6 Å². The van der Waals surface area contributed by atoms with Crippen molar-refractivity contribution in [2.75, 3.05) is 19.5 Å². The number of fused-ring (bicyclic) bond motifs is 3. The van der Waals surface area contributed by atoms with E-state index in [1.165, 1.54) is 7.11 Å².